The number of hydrogen-bond acceptors (Lipinski definition) is 2. The van der Waals surface area contributed by atoms with Crippen LogP contribution in [0.1, 0.15) is 36.3 Å². The molecule has 18 heavy (non-hydrogen) atoms. The zero-order valence-electron chi connectivity index (χ0n) is 11.1. The average Bonchev–Trinajstić information content (AvgIpc) is 2.76. The Hall–Kier alpha value is -0.730. The molecule has 1 unspecified atom stereocenters. The normalized spacial score (nSPS) is 25.2. The van der Waals surface area contributed by atoms with E-state index in [4.69, 9.17) is 16.3 Å². The minimum Gasteiger partial charge on any atom is -0.495 e. The van der Waals surface area contributed by atoms with Gasteiger partial charge in [-0.05, 0) is 60.8 Å². The van der Waals surface area contributed by atoms with Crippen molar-refractivity contribution in [2.75, 3.05) is 20.2 Å². The van der Waals surface area contributed by atoms with Gasteiger partial charge in [0.05, 0.1) is 12.1 Å². The van der Waals surface area contributed by atoms with Crippen LogP contribution in [0.2, 0.25) is 5.02 Å². The monoisotopic (exact) mass is 265 g/mol. The summed E-state index contributed by atoms with van der Waals surface area (Å²) in [6.07, 6.45) is 3.96. The van der Waals surface area contributed by atoms with Crippen molar-refractivity contribution in [2.45, 2.75) is 32.1 Å². The van der Waals surface area contributed by atoms with Crippen molar-refractivity contribution in [2.24, 2.45) is 5.41 Å². The van der Waals surface area contributed by atoms with Gasteiger partial charge >= 0.3 is 0 Å². The number of halogens is 1. The Bertz CT molecular complexity index is 468. The lowest BCUT2D eigenvalue weighted by Gasteiger charge is -2.39. The Morgan fingerprint density at radius 1 is 1.39 bits per heavy atom. The number of ether oxygens (including phenoxy) is 1. The molecule has 1 heterocycles. The Labute approximate surface area is 114 Å². The van der Waals surface area contributed by atoms with Gasteiger partial charge in [-0.2, -0.15) is 0 Å². The van der Waals surface area contributed by atoms with E-state index >= 15 is 0 Å². The van der Waals surface area contributed by atoms with Gasteiger partial charge < -0.3 is 10.1 Å². The number of nitrogens with one attached hydrogen (secondary N) is 1. The molecule has 0 radical (unpaired) electrons. The van der Waals surface area contributed by atoms with Crippen LogP contribution < -0.4 is 10.1 Å². The standard InChI is InChI=1S/C15H20ClNO/c1-10-5-14(18-2)13(16)6-12(10)11-3-4-15(7-11)8-17-9-15/h5-6,11,17H,3-4,7-9H2,1-2H3. The molecule has 1 spiro atoms. The molecule has 2 fully saturated rings. The van der Waals surface area contributed by atoms with E-state index in [0.717, 1.165) is 10.8 Å². The highest BCUT2D eigenvalue weighted by atomic mass is 35.5. The molecule has 1 aromatic carbocycles. The van der Waals surface area contributed by atoms with Crippen molar-refractivity contribution >= 4 is 11.6 Å². The summed E-state index contributed by atoms with van der Waals surface area (Å²) in [7, 11) is 1.67. The molecule has 1 N–H and O–H groups in total. The molecule has 1 atom stereocenters. The van der Waals surface area contributed by atoms with Gasteiger partial charge in [0.15, 0.2) is 0 Å². The smallest absolute Gasteiger partial charge is 0.137 e. The highest BCUT2D eigenvalue weighted by Crippen LogP contribution is 2.50. The van der Waals surface area contributed by atoms with Gasteiger partial charge in [0.2, 0.25) is 0 Å². The molecule has 2 aliphatic rings. The van der Waals surface area contributed by atoms with Crippen LogP contribution in [0.5, 0.6) is 5.75 Å². The van der Waals surface area contributed by atoms with Gasteiger partial charge in [-0.15, -0.1) is 0 Å². The summed E-state index contributed by atoms with van der Waals surface area (Å²) in [5, 5.41) is 4.16. The molecule has 2 nitrogen and oxygen atoms in total. The van der Waals surface area contributed by atoms with Crippen molar-refractivity contribution < 1.29 is 4.74 Å². The Morgan fingerprint density at radius 3 is 2.72 bits per heavy atom. The van der Waals surface area contributed by atoms with Gasteiger partial charge in [-0.1, -0.05) is 11.6 Å². The molecular weight excluding hydrogens is 246 g/mol. The molecule has 0 amide bonds. The SMILES string of the molecule is COc1cc(C)c(C2CCC3(CNC3)C2)cc1Cl. The summed E-state index contributed by atoms with van der Waals surface area (Å²) in [4.78, 5) is 0. The van der Waals surface area contributed by atoms with Crippen LogP contribution >= 0.6 is 11.6 Å². The molecule has 1 aliphatic heterocycles. The molecule has 3 rings (SSSR count). The quantitative estimate of drug-likeness (QED) is 0.884. The molecule has 98 valence electrons. The van der Waals surface area contributed by atoms with Gasteiger partial charge in [-0.3, -0.25) is 0 Å². The maximum absolute atomic E-state index is 6.26. The van der Waals surface area contributed by atoms with E-state index in [2.05, 4.69) is 24.4 Å². The zero-order chi connectivity index (χ0) is 12.8. The Morgan fingerprint density at radius 2 is 2.17 bits per heavy atom. The molecular formula is C15H20ClNO. The summed E-state index contributed by atoms with van der Waals surface area (Å²) in [5.74, 6) is 1.46. The molecule has 0 aromatic heterocycles. The second-order valence-corrected chi connectivity index (χ2v) is 6.29. The second kappa shape index (κ2) is 4.43. The van der Waals surface area contributed by atoms with Crippen LogP contribution in [-0.2, 0) is 0 Å². The maximum atomic E-state index is 6.26. The average molecular weight is 266 g/mol. The van der Waals surface area contributed by atoms with Crippen LogP contribution in [0.15, 0.2) is 12.1 Å². The Balaban J connectivity index is 1.86. The third-order valence-corrected chi connectivity index (χ3v) is 4.98. The van der Waals surface area contributed by atoms with Crippen LogP contribution in [0, 0.1) is 12.3 Å². The first-order valence-electron chi connectivity index (χ1n) is 6.68. The largest absolute Gasteiger partial charge is 0.495 e. The van der Waals surface area contributed by atoms with E-state index in [1.807, 2.05) is 0 Å². The summed E-state index contributed by atoms with van der Waals surface area (Å²) < 4.78 is 5.27. The predicted octanol–water partition coefficient (Wildman–Crippen LogP) is 3.51. The van der Waals surface area contributed by atoms with Gasteiger partial charge in [0.25, 0.3) is 0 Å². The van der Waals surface area contributed by atoms with Gasteiger partial charge in [0.1, 0.15) is 5.75 Å². The number of aryl methyl sites for hydroxylation is 1. The van der Waals surface area contributed by atoms with Crippen molar-refractivity contribution in [1.82, 2.24) is 5.32 Å². The lowest BCUT2D eigenvalue weighted by molar-refractivity contribution is 0.175. The zero-order valence-corrected chi connectivity index (χ0v) is 11.8. The van der Waals surface area contributed by atoms with E-state index in [9.17, 15) is 0 Å². The van der Waals surface area contributed by atoms with Crippen LogP contribution in [0.3, 0.4) is 0 Å². The Kier molecular flexibility index (Phi) is 3.03. The lowest BCUT2D eigenvalue weighted by Crippen LogP contribution is -2.51. The molecule has 1 saturated heterocycles. The van der Waals surface area contributed by atoms with Crippen molar-refractivity contribution in [3.05, 3.63) is 28.3 Å². The van der Waals surface area contributed by atoms with Crippen LogP contribution in [0.4, 0.5) is 0 Å². The number of rotatable bonds is 2. The van der Waals surface area contributed by atoms with Crippen molar-refractivity contribution in [3.63, 3.8) is 0 Å². The summed E-state index contributed by atoms with van der Waals surface area (Å²) in [6, 6.07) is 4.19. The number of hydrogen-bond donors (Lipinski definition) is 1. The van der Waals surface area contributed by atoms with Gasteiger partial charge in [0, 0.05) is 13.1 Å². The summed E-state index contributed by atoms with van der Waals surface area (Å²) in [5.41, 5.74) is 3.32. The fraction of sp³-hybridized carbons (Fsp3) is 0.600. The third kappa shape index (κ3) is 1.92. The van der Waals surface area contributed by atoms with E-state index in [-0.39, 0.29) is 0 Å². The minimum atomic E-state index is 0.587. The molecule has 0 bridgehead atoms. The van der Waals surface area contributed by atoms with E-state index in [0.29, 0.717) is 11.3 Å². The molecule has 1 saturated carbocycles. The van der Waals surface area contributed by atoms with E-state index < -0.39 is 0 Å². The van der Waals surface area contributed by atoms with Crippen LogP contribution in [-0.4, -0.2) is 20.2 Å². The maximum Gasteiger partial charge on any atom is 0.137 e. The van der Waals surface area contributed by atoms with Crippen molar-refractivity contribution in [3.8, 4) is 5.75 Å². The van der Waals surface area contributed by atoms with E-state index in [1.165, 1.54) is 43.5 Å². The van der Waals surface area contributed by atoms with Crippen LogP contribution in [0.25, 0.3) is 0 Å². The predicted molar refractivity (Wildman–Crippen MR) is 74.6 cm³/mol. The minimum absolute atomic E-state index is 0.587. The highest BCUT2D eigenvalue weighted by Gasteiger charge is 2.44. The topological polar surface area (TPSA) is 21.3 Å². The third-order valence-electron chi connectivity index (χ3n) is 4.68. The van der Waals surface area contributed by atoms with Crippen molar-refractivity contribution in [1.29, 1.82) is 0 Å². The first-order valence-corrected chi connectivity index (χ1v) is 7.06. The van der Waals surface area contributed by atoms with E-state index in [1.54, 1.807) is 7.11 Å². The summed E-state index contributed by atoms with van der Waals surface area (Å²) in [6.45, 7) is 4.57. The fourth-order valence-electron chi connectivity index (χ4n) is 3.54. The lowest BCUT2D eigenvalue weighted by atomic mass is 9.78. The van der Waals surface area contributed by atoms with Gasteiger partial charge in [-0.25, -0.2) is 0 Å². The summed E-state index contributed by atoms with van der Waals surface area (Å²) >= 11 is 6.26. The number of methoxy groups -OCH3 is 1. The number of benzene rings is 1. The first-order chi connectivity index (χ1) is 8.63. The first kappa shape index (κ1) is 12.3. The molecule has 1 aromatic rings. The molecule has 1 aliphatic carbocycles. The second-order valence-electron chi connectivity index (χ2n) is 5.89. The highest BCUT2D eigenvalue weighted by molar-refractivity contribution is 6.32. The molecule has 3 heteroatoms. The fourth-order valence-corrected chi connectivity index (χ4v) is 3.79.